The lowest BCUT2D eigenvalue weighted by molar-refractivity contribution is -0.135. The second-order valence-electron chi connectivity index (χ2n) is 7.43. The van der Waals surface area contributed by atoms with Crippen LogP contribution in [-0.4, -0.2) is 43.1 Å². The molecule has 0 bridgehead atoms. The quantitative estimate of drug-likeness (QED) is 0.349. The van der Waals surface area contributed by atoms with Gasteiger partial charge in [0.2, 0.25) is 0 Å². The second kappa shape index (κ2) is 11.4. The fraction of sp³-hybridized carbons (Fsp3) is 0.231. The Hall–Kier alpha value is -3.98. The number of carbonyl (C=O) groups is 3. The molecule has 0 saturated carbocycles. The van der Waals surface area contributed by atoms with Gasteiger partial charge in [0.15, 0.2) is 5.78 Å². The number of carbonyl (C=O) groups excluding carboxylic acids is 3. The lowest BCUT2D eigenvalue weighted by Crippen LogP contribution is -2.32. The van der Waals surface area contributed by atoms with Crippen molar-refractivity contribution in [3.63, 3.8) is 0 Å². The number of benzene rings is 2. The smallest absolute Gasteiger partial charge is 0.337 e. The molecule has 0 aliphatic heterocycles. The van der Waals surface area contributed by atoms with E-state index in [9.17, 15) is 19.2 Å². The van der Waals surface area contributed by atoms with Gasteiger partial charge in [-0.25, -0.2) is 9.59 Å². The number of methoxy groups -OCH3 is 2. The standard InChI is InChI=1S/C26H25NO7S/c1-5-34-24(29)14-23-27(15-20-13-19(16(2)28)10-11-21(20)32-3)25(30)22(35-23)12-17-6-8-18(9-7-17)26(31)33-4/h6-14H,5,15H2,1-4H3. The minimum Gasteiger partial charge on any atom is -0.496 e. The van der Waals surface area contributed by atoms with Crippen LogP contribution in [-0.2, 0) is 20.8 Å². The molecular formula is C26H25NO7S. The highest BCUT2D eigenvalue weighted by molar-refractivity contribution is 7.07. The number of aromatic nitrogens is 1. The Bertz CT molecular complexity index is 1430. The molecule has 0 fully saturated rings. The maximum Gasteiger partial charge on any atom is 0.337 e. The van der Waals surface area contributed by atoms with E-state index in [2.05, 4.69) is 0 Å². The maximum atomic E-state index is 13.4. The highest BCUT2D eigenvalue weighted by Crippen LogP contribution is 2.20. The summed E-state index contributed by atoms with van der Waals surface area (Å²) in [6.07, 6.45) is 2.95. The average Bonchev–Trinajstić information content (AvgIpc) is 3.12. The summed E-state index contributed by atoms with van der Waals surface area (Å²) < 4.78 is 17.4. The molecule has 35 heavy (non-hydrogen) atoms. The topological polar surface area (TPSA) is 101 Å². The predicted molar refractivity (Wildman–Crippen MR) is 132 cm³/mol. The van der Waals surface area contributed by atoms with Gasteiger partial charge in [-0.2, -0.15) is 0 Å². The minimum atomic E-state index is -0.569. The number of hydrogen-bond acceptors (Lipinski definition) is 8. The zero-order valence-corrected chi connectivity index (χ0v) is 20.6. The van der Waals surface area contributed by atoms with Crippen LogP contribution in [0.15, 0.2) is 47.3 Å². The fourth-order valence-corrected chi connectivity index (χ4v) is 4.38. The zero-order valence-electron chi connectivity index (χ0n) is 19.8. The minimum absolute atomic E-state index is 0.0833. The molecular weight excluding hydrogens is 470 g/mol. The summed E-state index contributed by atoms with van der Waals surface area (Å²) in [5.41, 5.74) is 1.87. The number of ether oxygens (including phenoxy) is 3. The van der Waals surface area contributed by atoms with Crippen LogP contribution in [0.1, 0.15) is 45.7 Å². The molecule has 3 aromatic rings. The Morgan fingerprint density at radius 1 is 1.03 bits per heavy atom. The molecule has 0 aliphatic carbocycles. The third-order valence-corrected chi connectivity index (χ3v) is 6.17. The van der Waals surface area contributed by atoms with Crippen LogP contribution in [0.25, 0.3) is 12.2 Å². The van der Waals surface area contributed by atoms with E-state index < -0.39 is 11.9 Å². The highest BCUT2D eigenvalue weighted by atomic mass is 32.1. The van der Waals surface area contributed by atoms with Gasteiger partial charge in [-0.05, 0) is 55.8 Å². The first-order valence-electron chi connectivity index (χ1n) is 10.7. The van der Waals surface area contributed by atoms with Crippen LogP contribution in [0.4, 0.5) is 0 Å². The Labute approximate surface area is 205 Å². The summed E-state index contributed by atoms with van der Waals surface area (Å²) in [5, 5.41) is 0. The molecule has 0 spiro atoms. The number of Topliss-reactive ketones (excluding diaryl/α,β-unsaturated/α-hetero) is 1. The van der Waals surface area contributed by atoms with E-state index in [0.29, 0.717) is 37.2 Å². The monoisotopic (exact) mass is 495 g/mol. The average molecular weight is 496 g/mol. The molecule has 9 heteroatoms. The molecule has 0 atom stereocenters. The summed E-state index contributed by atoms with van der Waals surface area (Å²) in [4.78, 5) is 49.1. The van der Waals surface area contributed by atoms with Crippen LogP contribution in [0.2, 0.25) is 0 Å². The van der Waals surface area contributed by atoms with Gasteiger partial charge < -0.3 is 14.2 Å². The van der Waals surface area contributed by atoms with Crippen molar-refractivity contribution in [3.8, 4) is 5.75 Å². The number of rotatable bonds is 8. The molecule has 0 aliphatic rings. The normalized spacial score (nSPS) is 11.9. The zero-order chi connectivity index (χ0) is 25.5. The molecule has 8 nitrogen and oxygen atoms in total. The summed E-state index contributed by atoms with van der Waals surface area (Å²) in [7, 11) is 2.81. The number of hydrogen-bond donors (Lipinski definition) is 0. The molecule has 0 saturated heterocycles. The largest absolute Gasteiger partial charge is 0.496 e. The summed E-state index contributed by atoms with van der Waals surface area (Å²) in [5.74, 6) is -0.627. The molecule has 1 heterocycles. The molecule has 0 radical (unpaired) electrons. The molecule has 182 valence electrons. The molecule has 0 amide bonds. The van der Waals surface area contributed by atoms with Crippen molar-refractivity contribution in [1.82, 2.24) is 4.57 Å². The maximum absolute atomic E-state index is 13.4. The van der Waals surface area contributed by atoms with Crippen LogP contribution in [0.3, 0.4) is 0 Å². The third kappa shape index (κ3) is 6.13. The molecule has 3 rings (SSSR count). The summed E-state index contributed by atoms with van der Waals surface area (Å²) >= 11 is 1.13. The van der Waals surface area contributed by atoms with E-state index >= 15 is 0 Å². The highest BCUT2D eigenvalue weighted by Gasteiger charge is 2.13. The van der Waals surface area contributed by atoms with E-state index in [1.165, 1.54) is 31.8 Å². The number of esters is 2. The Balaban J connectivity index is 2.15. The molecule has 0 unspecified atom stereocenters. The van der Waals surface area contributed by atoms with Crippen LogP contribution >= 0.6 is 11.3 Å². The lowest BCUT2D eigenvalue weighted by atomic mass is 10.1. The molecule has 0 N–H and O–H groups in total. The first kappa shape index (κ1) is 25.6. The van der Waals surface area contributed by atoms with Gasteiger partial charge in [0, 0.05) is 11.1 Å². The van der Waals surface area contributed by atoms with E-state index in [4.69, 9.17) is 14.2 Å². The van der Waals surface area contributed by atoms with Crippen molar-refractivity contribution >= 4 is 41.2 Å². The van der Waals surface area contributed by atoms with Crippen LogP contribution in [0, 0.1) is 0 Å². The molecule has 1 aromatic heterocycles. The number of thiazole rings is 1. The van der Waals surface area contributed by atoms with Gasteiger partial charge >= 0.3 is 11.9 Å². The van der Waals surface area contributed by atoms with Crippen molar-refractivity contribution in [2.45, 2.75) is 20.4 Å². The Morgan fingerprint density at radius 2 is 1.71 bits per heavy atom. The number of nitrogens with zero attached hydrogens (tertiary/aromatic N) is 1. The van der Waals surface area contributed by atoms with E-state index in [1.807, 2.05) is 0 Å². The SMILES string of the molecule is CCOC(=O)C=c1sc(=Cc2ccc(C(=O)OC)cc2)c(=O)n1Cc1cc(C(C)=O)ccc1OC. The Kier molecular flexibility index (Phi) is 8.38. The predicted octanol–water partition coefficient (Wildman–Crippen LogP) is 2.13. The first-order valence-corrected chi connectivity index (χ1v) is 11.5. The van der Waals surface area contributed by atoms with Crippen LogP contribution < -0.4 is 19.5 Å². The van der Waals surface area contributed by atoms with Gasteiger partial charge in [0.1, 0.15) is 10.4 Å². The van der Waals surface area contributed by atoms with E-state index in [-0.39, 0.29) is 24.5 Å². The van der Waals surface area contributed by atoms with E-state index in [1.54, 1.807) is 55.5 Å². The third-order valence-electron chi connectivity index (χ3n) is 5.11. The summed E-state index contributed by atoms with van der Waals surface area (Å²) in [6.45, 7) is 3.44. The van der Waals surface area contributed by atoms with Gasteiger partial charge in [-0.3, -0.25) is 14.2 Å². The van der Waals surface area contributed by atoms with E-state index in [0.717, 1.165) is 11.3 Å². The van der Waals surface area contributed by atoms with Gasteiger partial charge in [-0.1, -0.05) is 12.1 Å². The summed E-state index contributed by atoms with van der Waals surface area (Å²) in [6, 6.07) is 11.6. The van der Waals surface area contributed by atoms with Gasteiger partial charge in [-0.15, -0.1) is 11.3 Å². The van der Waals surface area contributed by atoms with Crippen molar-refractivity contribution in [2.24, 2.45) is 0 Å². The van der Waals surface area contributed by atoms with Crippen molar-refractivity contribution < 1.29 is 28.6 Å². The fourth-order valence-electron chi connectivity index (χ4n) is 3.35. The second-order valence-corrected chi connectivity index (χ2v) is 8.50. The number of ketones is 1. The Morgan fingerprint density at radius 3 is 2.31 bits per heavy atom. The molecule has 2 aromatic carbocycles. The van der Waals surface area contributed by atoms with Gasteiger partial charge in [0.25, 0.3) is 5.56 Å². The lowest BCUT2D eigenvalue weighted by Gasteiger charge is -2.10. The van der Waals surface area contributed by atoms with Crippen LogP contribution in [0.5, 0.6) is 5.75 Å². The first-order chi connectivity index (χ1) is 16.8. The van der Waals surface area contributed by atoms with Gasteiger partial charge in [0.05, 0.1) is 43.5 Å². The van der Waals surface area contributed by atoms with Crippen molar-refractivity contribution in [2.75, 3.05) is 20.8 Å². The van der Waals surface area contributed by atoms with Crippen molar-refractivity contribution in [1.29, 1.82) is 0 Å². The van der Waals surface area contributed by atoms with Crippen molar-refractivity contribution in [3.05, 3.63) is 84.3 Å².